The van der Waals surface area contributed by atoms with Crippen molar-refractivity contribution in [3.8, 4) is 0 Å². The zero-order valence-electron chi connectivity index (χ0n) is 15.4. The zero-order valence-corrected chi connectivity index (χ0v) is 15.4. The van der Waals surface area contributed by atoms with Crippen LogP contribution in [0, 0.1) is 5.92 Å². The fraction of sp³-hybridized carbons (Fsp3) is 0.737. The van der Waals surface area contributed by atoms with Crippen LogP contribution < -0.4 is 0 Å². The Labute approximate surface area is 150 Å². The van der Waals surface area contributed by atoms with Gasteiger partial charge in [0, 0.05) is 57.4 Å². The van der Waals surface area contributed by atoms with Gasteiger partial charge in [0.15, 0.2) is 0 Å². The van der Waals surface area contributed by atoms with Crippen molar-refractivity contribution in [3.63, 3.8) is 0 Å². The van der Waals surface area contributed by atoms with Gasteiger partial charge < -0.3 is 10.0 Å². The number of aliphatic hydroxyl groups is 1. The summed E-state index contributed by atoms with van der Waals surface area (Å²) < 4.78 is 0. The van der Waals surface area contributed by atoms with E-state index in [1.165, 1.54) is 0 Å². The first-order chi connectivity index (χ1) is 12.1. The molecule has 0 aliphatic carbocycles. The summed E-state index contributed by atoms with van der Waals surface area (Å²) in [6.45, 7) is 7.95. The standard InChI is InChI=1S/C19H30N4O2/c1-14(2)19-20-8-6-16(21-19)13-22-10-7-17-15(12-22)4-5-18(25)23(17)9-3-11-24/h6,8,14-15,17,24H,3-5,7,9-13H2,1-2H3/t15-,17+/m0/s1. The van der Waals surface area contributed by atoms with Crippen molar-refractivity contribution in [3.05, 3.63) is 23.8 Å². The first-order valence-electron chi connectivity index (χ1n) is 9.53. The number of aromatic nitrogens is 2. The molecule has 0 radical (unpaired) electrons. The molecule has 138 valence electrons. The van der Waals surface area contributed by atoms with Crippen molar-refractivity contribution in [1.82, 2.24) is 19.8 Å². The van der Waals surface area contributed by atoms with E-state index in [1.807, 2.05) is 17.2 Å². The third kappa shape index (κ3) is 4.36. The molecule has 3 rings (SSSR count). The molecule has 1 amide bonds. The summed E-state index contributed by atoms with van der Waals surface area (Å²) in [5, 5.41) is 9.09. The molecular weight excluding hydrogens is 316 g/mol. The van der Waals surface area contributed by atoms with E-state index in [0.717, 1.165) is 44.0 Å². The average molecular weight is 346 g/mol. The van der Waals surface area contributed by atoms with Gasteiger partial charge in [0.1, 0.15) is 5.82 Å². The van der Waals surface area contributed by atoms with Crippen LogP contribution in [0.1, 0.15) is 57.0 Å². The summed E-state index contributed by atoms with van der Waals surface area (Å²) in [5.74, 6) is 2.05. The number of nitrogens with zero attached hydrogens (tertiary/aromatic N) is 4. The van der Waals surface area contributed by atoms with Crippen molar-refractivity contribution in [2.24, 2.45) is 5.92 Å². The lowest BCUT2D eigenvalue weighted by molar-refractivity contribution is -0.141. The van der Waals surface area contributed by atoms with Crippen LogP contribution in [0.2, 0.25) is 0 Å². The van der Waals surface area contributed by atoms with Gasteiger partial charge in [0.05, 0.1) is 5.69 Å². The molecule has 6 nitrogen and oxygen atoms in total. The van der Waals surface area contributed by atoms with E-state index in [2.05, 4.69) is 23.7 Å². The molecule has 25 heavy (non-hydrogen) atoms. The highest BCUT2D eigenvalue weighted by Crippen LogP contribution is 2.31. The molecule has 3 heterocycles. The maximum atomic E-state index is 12.2. The van der Waals surface area contributed by atoms with Gasteiger partial charge >= 0.3 is 0 Å². The number of likely N-dealkylation sites (tertiary alicyclic amines) is 2. The second-order valence-electron chi connectivity index (χ2n) is 7.62. The molecule has 2 fully saturated rings. The van der Waals surface area contributed by atoms with Crippen molar-refractivity contribution >= 4 is 5.91 Å². The summed E-state index contributed by atoms with van der Waals surface area (Å²) in [5.41, 5.74) is 1.08. The SMILES string of the molecule is CC(C)c1nccc(CN2CC[C@@H]3[C@@H](CCC(=O)N3CCCO)C2)n1. The van der Waals surface area contributed by atoms with Gasteiger partial charge in [-0.05, 0) is 31.2 Å². The number of rotatable bonds is 6. The molecule has 0 bridgehead atoms. The molecule has 0 spiro atoms. The first-order valence-corrected chi connectivity index (χ1v) is 9.53. The summed E-state index contributed by atoms with van der Waals surface area (Å²) >= 11 is 0. The third-order valence-corrected chi connectivity index (χ3v) is 5.42. The molecule has 6 heteroatoms. The fourth-order valence-corrected chi connectivity index (χ4v) is 4.11. The predicted molar refractivity (Wildman–Crippen MR) is 95.9 cm³/mol. The van der Waals surface area contributed by atoms with Gasteiger partial charge in [-0.1, -0.05) is 13.8 Å². The van der Waals surface area contributed by atoms with Gasteiger partial charge in [0.2, 0.25) is 5.91 Å². The molecule has 1 aromatic rings. The Balaban J connectivity index is 1.61. The Hall–Kier alpha value is -1.53. The van der Waals surface area contributed by atoms with Gasteiger partial charge in [-0.25, -0.2) is 9.97 Å². The fourth-order valence-electron chi connectivity index (χ4n) is 4.11. The van der Waals surface area contributed by atoms with Crippen molar-refractivity contribution in [2.45, 2.75) is 58.0 Å². The van der Waals surface area contributed by atoms with Crippen LogP contribution in [0.25, 0.3) is 0 Å². The van der Waals surface area contributed by atoms with Crippen LogP contribution in [0.4, 0.5) is 0 Å². The Morgan fingerprint density at radius 2 is 2.20 bits per heavy atom. The topological polar surface area (TPSA) is 69.6 Å². The lowest BCUT2D eigenvalue weighted by atomic mass is 9.83. The van der Waals surface area contributed by atoms with Gasteiger partial charge in [0.25, 0.3) is 0 Å². The van der Waals surface area contributed by atoms with Crippen molar-refractivity contribution in [2.75, 3.05) is 26.2 Å². The van der Waals surface area contributed by atoms with Crippen molar-refractivity contribution in [1.29, 1.82) is 0 Å². The molecule has 0 aromatic carbocycles. The monoisotopic (exact) mass is 346 g/mol. The Kier molecular flexibility index (Phi) is 6.02. The van der Waals surface area contributed by atoms with Crippen LogP contribution >= 0.6 is 0 Å². The molecule has 0 unspecified atom stereocenters. The normalized spacial score (nSPS) is 24.6. The van der Waals surface area contributed by atoms with Gasteiger partial charge in [-0.2, -0.15) is 0 Å². The lowest BCUT2D eigenvalue weighted by Crippen LogP contribution is -2.56. The third-order valence-electron chi connectivity index (χ3n) is 5.42. The number of aliphatic hydroxyl groups excluding tert-OH is 1. The number of fused-ring (bicyclic) bond motifs is 1. The molecule has 1 N–H and O–H groups in total. The molecule has 1 aromatic heterocycles. The molecule has 0 saturated carbocycles. The number of amides is 1. The Bertz CT molecular complexity index is 593. The highest BCUT2D eigenvalue weighted by atomic mass is 16.3. The van der Waals surface area contributed by atoms with Crippen LogP contribution in [0.3, 0.4) is 0 Å². The smallest absolute Gasteiger partial charge is 0.222 e. The minimum atomic E-state index is 0.152. The Morgan fingerprint density at radius 3 is 2.96 bits per heavy atom. The summed E-state index contributed by atoms with van der Waals surface area (Å²) in [6, 6.07) is 2.36. The van der Waals surface area contributed by atoms with Crippen LogP contribution in [-0.2, 0) is 11.3 Å². The minimum absolute atomic E-state index is 0.152. The number of piperidine rings is 2. The summed E-state index contributed by atoms with van der Waals surface area (Å²) in [4.78, 5) is 25.8. The second kappa shape index (κ2) is 8.23. The largest absolute Gasteiger partial charge is 0.396 e. The van der Waals surface area contributed by atoms with E-state index in [4.69, 9.17) is 10.1 Å². The van der Waals surface area contributed by atoms with Crippen LogP contribution in [0.5, 0.6) is 0 Å². The van der Waals surface area contributed by atoms with E-state index >= 15 is 0 Å². The molecule has 2 aliphatic heterocycles. The van der Waals surface area contributed by atoms with Crippen LogP contribution in [0.15, 0.2) is 12.3 Å². The van der Waals surface area contributed by atoms with Gasteiger partial charge in [-0.3, -0.25) is 9.69 Å². The molecule has 2 saturated heterocycles. The average Bonchev–Trinajstić information content (AvgIpc) is 2.61. The molecular formula is C19H30N4O2. The van der Waals surface area contributed by atoms with E-state index in [0.29, 0.717) is 37.3 Å². The number of carbonyl (C=O) groups is 1. The minimum Gasteiger partial charge on any atom is -0.396 e. The van der Waals surface area contributed by atoms with E-state index in [1.54, 1.807) is 0 Å². The van der Waals surface area contributed by atoms with E-state index in [-0.39, 0.29) is 12.5 Å². The maximum absolute atomic E-state index is 12.2. The van der Waals surface area contributed by atoms with Crippen molar-refractivity contribution < 1.29 is 9.90 Å². The lowest BCUT2D eigenvalue weighted by Gasteiger charge is -2.47. The predicted octanol–water partition coefficient (Wildman–Crippen LogP) is 1.80. The highest BCUT2D eigenvalue weighted by molar-refractivity contribution is 5.77. The number of hydrogen-bond donors (Lipinski definition) is 1. The maximum Gasteiger partial charge on any atom is 0.222 e. The first kappa shape index (κ1) is 18.3. The van der Waals surface area contributed by atoms with E-state index in [9.17, 15) is 4.79 Å². The zero-order chi connectivity index (χ0) is 17.8. The Morgan fingerprint density at radius 1 is 1.36 bits per heavy atom. The summed E-state index contributed by atoms with van der Waals surface area (Å²) in [6.07, 6.45) is 5.18. The number of carbonyl (C=O) groups excluding carboxylic acids is 1. The highest BCUT2D eigenvalue weighted by Gasteiger charge is 2.38. The van der Waals surface area contributed by atoms with E-state index < -0.39 is 0 Å². The molecule has 2 atom stereocenters. The number of hydrogen-bond acceptors (Lipinski definition) is 5. The van der Waals surface area contributed by atoms with Crippen LogP contribution in [-0.4, -0.2) is 63.1 Å². The molecule has 2 aliphatic rings. The quantitative estimate of drug-likeness (QED) is 0.850. The van der Waals surface area contributed by atoms with Gasteiger partial charge in [-0.15, -0.1) is 0 Å². The summed E-state index contributed by atoms with van der Waals surface area (Å²) in [7, 11) is 0. The second-order valence-corrected chi connectivity index (χ2v) is 7.62.